The zero-order valence-electron chi connectivity index (χ0n) is 29.3. The summed E-state index contributed by atoms with van der Waals surface area (Å²) in [5.74, 6) is -1.03. The highest BCUT2D eigenvalue weighted by Gasteiger charge is 2.89. The lowest BCUT2D eigenvalue weighted by Gasteiger charge is -2.70. The maximum Gasteiger partial charge on any atom is 0.338 e. The molecule has 6 aliphatic rings. The summed E-state index contributed by atoms with van der Waals surface area (Å²) in [5, 5.41) is 12.1. The van der Waals surface area contributed by atoms with Gasteiger partial charge in [-0.05, 0) is 37.1 Å². The van der Waals surface area contributed by atoms with E-state index in [1.807, 2.05) is 0 Å². The Morgan fingerprint density at radius 1 is 0.958 bits per heavy atom. The fourth-order valence-corrected chi connectivity index (χ4v) is 12.6. The SMILES string of the molecule is CCN1C[C@]2(COC)[C@H](O)C[C@H](OC)[C@]34C1[C@H]([C@H](OC)[C@H]23)[C@@]1(OC(C)=O)C[C@H](OC)[C@H]2C[C@@H]4[C@@H]1[C@H]2OC(=O)c1ccc(OC)c(OC)c1. The van der Waals surface area contributed by atoms with Crippen LogP contribution in [-0.2, 0) is 33.2 Å². The molecule has 1 heterocycles. The Balaban J connectivity index is 1.43. The Hall–Kier alpha value is -2.48. The maximum absolute atomic E-state index is 14.1. The van der Waals surface area contributed by atoms with Gasteiger partial charge in [-0.3, -0.25) is 9.69 Å². The van der Waals surface area contributed by atoms with Crippen molar-refractivity contribution in [3.05, 3.63) is 23.8 Å². The second-order valence-corrected chi connectivity index (χ2v) is 14.9. The van der Waals surface area contributed by atoms with Gasteiger partial charge in [-0.15, -0.1) is 0 Å². The van der Waals surface area contributed by atoms with E-state index in [-0.39, 0.29) is 47.8 Å². The van der Waals surface area contributed by atoms with E-state index < -0.39 is 46.7 Å². The van der Waals surface area contributed by atoms with Crippen molar-refractivity contribution in [2.45, 2.75) is 75.3 Å². The number of carbonyl (C=O) groups is 2. The Morgan fingerprint density at radius 3 is 2.31 bits per heavy atom. The molecule has 6 fully saturated rings. The van der Waals surface area contributed by atoms with E-state index in [9.17, 15) is 14.7 Å². The summed E-state index contributed by atoms with van der Waals surface area (Å²) in [6.45, 7) is 5.31. The average Bonchev–Trinajstić information content (AvgIpc) is 3.50. The summed E-state index contributed by atoms with van der Waals surface area (Å²) in [6, 6.07) is 4.90. The molecule has 14 atom stereocenters. The van der Waals surface area contributed by atoms with E-state index >= 15 is 0 Å². The van der Waals surface area contributed by atoms with Crippen molar-refractivity contribution in [1.82, 2.24) is 4.90 Å². The van der Waals surface area contributed by atoms with Gasteiger partial charge in [0.1, 0.15) is 11.7 Å². The lowest BCUT2D eigenvalue weighted by Crippen LogP contribution is -2.79. The van der Waals surface area contributed by atoms with Gasteiger partial charge < -0.3 is 43.0 Å². The number of hydrogen-bond acceptors (Lipinski definition) is 12. The van der Waals surface area contributed by atoms with Gasteiger partial charge >= 0.3 is 11.9 Å². The van der Waals surface area contributed by atoms with E-state index in [1.54, 1.807) is 53.7 Å². The van der Waals surface area contributed by atoms with Gasteiger partial charge in [0, 0.05) is 95.3 Å². The predicted octanol–water partition coefficient (Wildman–Crippen LogP) is 2.58. The first-order valence-corrected chi connectivity index (χ1v) is 17.2. The first-order chi connectivity index (χ1) is 23.1. The number of benzene rings is 1. The van der Waals surface area contributed by atoms with Gasteiger partial charge in [0.2, 0.25) is 0 Å². The van der Waals surface area contributed by atoms with Gasteiger partial charge in [-0.2, -0.15) is 0 Å². The van der Waals surface area contributed by atoms with Crippen LogP contribution in [0.1, 0.15) is 43.5 Å². The van der Waals surface area contributed by atoms with Crippen LogP contribution in [0.3, 0.4) is 0 Å². The third-order valence-corrected chi connectivity index (χ3v) is 13.6. The number of aliphatic hydroxyl groups excluding tert-OH is 1. The molecule has 1 saturated heterocycles. The molecule has 7 rings (SSSR count). The molecule has 1 unspecified atom stereocenters. The average molecular weight is 674 g/mol. The van der Waals surface area contributed by atoms with Crippen molar-refractivity contribution < 1.29 is 52.6 Å². The highest BCUT2D eigenvalue weighted by atomic mass is 16.6. The summed E-state index contributed by atoms with van der Waals surface area (Å²) >= 11 is 0. The minimum atomic E-state index is -1.07. The smallest absolute Gasteiger partial charge is 0.338 e. The molecular formula is C36H51NO11. The zero-order valence-corrected chi connectivity index (χ0v) is 29.3. The van der Waals surface area contributed by atoms with Gasteiger partial charge in [-0.1, -0.05) is 6.92 Å². The first kappa shape index (κ1) is 34.0. The van der Waals surface area contributed by atoms with Crippen molar-refractivity contribution in [2.75, 3.05) is 62.4 Å². The number of carbonyl (C=O) groups excluding carboxylic acids is 2. The van der Waals surface area contributed by atoms with Crippen molar-refractivity contribution in [1.29, 1.82) is 0 Å². The second kappa shape index (κ2) is 12.1. The van der Waals surface area contributed by atoms with Gasteiger partial charge in [0.15, 0.2) is 11.5 Å². The molecule has 5 saturated carbocycles. The number of rotatable bonds is 11. The number of nitrogens with zero attached hydrogens (tertiary/aromatic N) is 1. The lowest BCUT2D eigenvalue weighted by molar-refractivity contribution is -0.297. The molecule has 48 heavy (non-hydrogen) atoms. The fraction of sp³-hybridized carbons (Fsp3) is 0.778. The van der Waals surface area contributed by atoms with Gasteiger partial charge in [0.25, 0.3) is 0 Å². The van der Waals surface area contributed by atoms with Gasteiger partial charge in [-0.25, -0.2) is 4.79 Å². The Labute approximate surface area is 282 Å². The minimum Gasteiger partial charge on any atom is -0.493 e. The number of fused-ring (bicyclic) bond motifs is 2. The quantitative estimate of drug-likeness (QED) is 0.347. The molecule has 12 heteroatoms. The number of likely N-dealkylation sites (tertiary alicyclic amines) is 1. The van der Waals surface area contributed by atoms with Crippen molar-refractivity contribution in [3.8, 4) is 11.5 Å². The normalized spacial score (nSPS) is 45.1. The molecule has 1 aromatic carbocycles. The zero-order chi connectivity index (χ0) is 34.3. The van der Waals surface area contributed by atoms with Gasteiger partial charge in [0.05, 0.1) is 50.8 Å². The third kappa shape index (κ3) is 4.16. The Bertz CT molecular complexity index is 1420. The largest absolute Gasteiger partial charge is 0.493 e. The molecule has 0 radical (unpaired) electrons. The van der Waals surface area contributed by atoms with Crippen LogP contribution in [0.25, 0.3) is 0 Å². The third-order valence-electron chi connectivity index (χ3n) is 13.6. The summed E-state index contributed by atoms with van der Waals surface area (Å²) in [5.41, 5.74) is -1.89. The summed E-state index contributed by atoms with van der Waals surface area (Å²) in [4.78, 5) is 29.8. The van der Waals surface area contributed by atoms with Crippen LogP contribution in [0.4, 0.5) is 0 Å². The standard InChI is InChI=1S/C36H51NO11/c1-9-37-16-34(17-41-3)25(39)14-26(45-7)36-21-13-20-24(44-6)15-35(48-18(2)38,28(32(36)37)30(46-8)31(34)36)27(21)29(20)47-33(40)19-10-11-22(42-4)23(12-19)43-5/h10-12,20-21,24-32,39H,9,13-17H2,1-8H3/t20-,21-,24+,25-,26+,27-,28+,29+,30+,31-,32?,34+,35-,36+/m1/s1. The molecule has 12 nitrogen and oxygen atoms in total. The van der Waals surface area contributed by atoms with Crippen LogP contribution in [0, 0.1) is 40.4 Å². The number of hydrogen-bond donors (Lipinski definition) is 1. The highest BCUT2D eigenvalue weighted by molar-refractivity contribution is 5.90. The van der Waals surface area contributed by atoms with Crippen LogP contribution in [-0.4, -0.2) is 126 Å². The number of aliphatic hydroxyl groups is 1. The molecule has 0 aromatic heterocycles. The van der Waals surface area contributed by atoms with Crippen molar-refractivity contribution >= 4 is 11.9 Å². The lowest BCUT2D eigenvalue weighted by atomic mass is 9.42. The van der Waals surface area contributed by atoms with E-state index in [0.29, 0.717) is 49.5 Å². The van der Waals surface area contributed by atoms with Crippen LogP contribution in [0.15, 0.2) is 18.2 Å². The van der Waals surface area contributed by atoms with Crippen LogP contribution >= 0.6 is 0 Å². The molecular weight excluding hydrogens is 622 g/mol. The molecule has 0 amide bonds. The Kier molecular flexibility index (Phi) is 8.56. The maximum atomic E-state index is 14.1. The van der Waals surface area contributed by atoms with Crippen LogP contribution in [0.5, 0.6) is 11.5 Å². The molecule has 1 N–H and O–H groups in total. The molecule has 7 bridgehead atoms. The van der Waals surface area contributed by atoms with E-state index in [1.165, 1.54) is 14.0 Å². The molecule has 1 spiro atoms. The van der Waals surface area contributed by atoms with Crippen molar-refractivity contribution in [3.63, 3.8) is 0 Å². The molecule has 5 aliphatic carbocycles. The van der Waals surface area contributed by atoms with E-state index in [2.05, 4.69) is 11.8 Å². The molecule has 266 valence electrons. The summed E-state index contributed by atoms with van der Waals surface area (Å²) < 4.78 is 49.4. The van der Waals surface area contributed by atoms with E-state index in [4.69, 9.17) is 37.9 Å². The molecule has 1 aliphatic heterocycles. The Morgan fingerprint density at radius 2 is 1.71 bits per heavy atom. The van der Waals surface area contributed by atoms with E-state index in [0.717, 1.165) is 6.54 Å². The molecule has 1 aromatic rings. The van der Waals surface area contributed by atoms with Crippen LogP contribution in [0.2, 0.25) is 0 Å². The fourth-order valence-electron chi connectivity index (χ4n) is 12.6. The number of esters is 2. The summed E-state index contributed by atoms with van der Waals surface area (Å²) in [6.07, 6.45) is -0.760. The minimum absolute atomic E-state index is 0.0722. The highest BCUT2D eigenvalue weighted by Crippen LogP contribution is 2.80. The van der Waals surface area contributed by atoms with Crippen molar-refractivity contribution in [2.24, 2.45) is 40.4 Å². The topological polar surface area (TPSA) is 131 Å². The predicted molar refractivity (Wildman–Crippen MR) is 171 cm³/mol. The van der Waals surface area contributed by atoms with Crippen LogP contribution < -0.4 is 9.47 Å². The summed E-state index contributed by atoms with van der Waals surface area (Å²) in [7, 11) is 9.90. The first-order valence-electron chi connectivity index (χ1n) is 17.2. The number of piperidine rings is 1. The number of ether oxygens (including phenoxy) is 8. The monoisotopic (exact) mass is 673 g/mol. The number of methoxy groups -OCH3 is 6. The second-order valence-electron chi connectivity index (χ2n) is 14.9.